The molecule has 80 valence electrons. The second-order valence-electron chi connectivity index (χ2n) is 4.59. The van der Waals surface area contributed by atoms with E-state index >= 15 is 0 Å². The van der Waals surface area contributed by atoms with E-state index < -0.39 is 0 Å². The van der Waals surface area contributed by atoms with Crippen LogP contribution in [0.2, 0.25) is 0 Å². The fourth-order valence-electron chi connectivity index (χ4n) is 1.35. The van der Waals surface area contributed by atoms with E-state index in [-0.39, 0.29) is 18.1 Å². The number of rotatable bonds is 6. The van der Waals surface area contributed by atoms with Gasteiger partial charge in [-0.05, 0) is 11.8 Å². The first kappa shape index (κ1) is 12.9. The highest BCUT2D eigenvalue weighted by atomic mass is 16.5. The number of hydrogen-bond acceptors (Lipinski definition) is 2. The minimum atomic E-state index is 0.124. The van der Waals surface area contributed by atoms with Crippen molar-refractivity contribution in [3.8, 4) is 0 Å². The summed E-state index contributed by atoms with van der Waals surface area (Å²) in [6, 6.07) is 0. The molecule has 0 radical (unpaired) electrons. The summed E-state index contributed by atoms with van der Waals surface area (Å²) in [4.78, 5) is 0. The summed E-state index contributed by atoms with van der Waals surface area (Å²) in [5.41, 5.74) is 0.185. The zero-order valence-electron chi connectivity index (χ0n) is 9.47. The van der Waals surface area contributed by atoms with Crippen LogP contribution in [0.1, 0.15) is 47.0 Å². The van der Waals surface area contributed by atoms with E-state index in [1.165, 1.54) is 12.8 Å². The molecule has 0 saturated carbocycles. The van der Waals surface area contributed by atoms with E-state index in [9.17, 15) is 0 Å². The summed E-state index contributed by atoms with van der Waals surface area (Å²) in [7, 11) is 0. The fraction of sp³-hybridized carbons (Fsp3) is 1.00. The first-order valence-electron chi connectivity index (χ1n) is 5.24. The van der Waals surface area contributed by atoms with Crippen molar-refractivity contribution in [3.05, 3.63) is 0 Å². The average Bonchev–Trinajstić information content (AvgIpc) is 2.02. The Morgan fingerprint density at radius 2 is 1.92 bits per heavy atom. The standard InChI is InChI=1S/C11H24O2/c1-5-6-7-10(11(2,3)4)13-9-8-12/h10,12H,5-9H2,1-4H3. The predicted octanol–water partition coefficient (Wildman–Crippen LogP) is 2.60. The highest BCUT2D eigenvalue weighted by Gasteiger charge is 2.24. The van der Waals surface area contributed by atoms with Gasteiger partial charge in [0.15, 0.2) is 0 Å². The lowest BCUT2D eigenvalue weighted by Crippen LogP contribution is -2.30. The second kappa shape index (κ2) is 6.39. The normalized spacial score (nSPS) is 14.5. The highest BCUT2D eigenvalue weighted by molar-refractivity contribution is 4.74. The Bertz CT molecular complexity index is 108. The van der Waals surface area contributed by atoms with Crippen molar-refractivity contribution in [2.45, 2.75) is 53.1 Å². The number of unbranched alkanes of at least 4 members (excludes halogenated alkanes) is 1. The van der Waals surface area contributed by atoms with Crippen LogP contribution in [0.25, 0.3) is 0 Å². The SMILES string of the molecule is CCCCC(OCCO)C(C)(C)C. The molecular formula is C11H24O2. The molecule has 2 nitrogen and oxygen atoms in total. The van der Waals surface area contributed by atoms with E-state index in [0.717, 1.165) is 6.42 Å². The first-order valence-corrected chi connectivity index (χ1v) is 5.24. The van der Waals surface area contributed by atoms with Crippen molar-refractivity contribution in [2.75, 3.05) is 13.2 Å². The van der Waals surface area contributed by atoms with Crippen LogP contribution in [0.15, 0.2) is 0 Å². The molecule has 0 aromatic carbocycles. The van der Waals surface area contributed by atoms with Gasteiger partial charge >= 0.3 is 0 Å². The lowest BCUT2D eigenvalue weighted by molar-refractivity contribution is -0.0367. The number of aliphatic hydroxyl groups excluding tert-OH is 1. The summed E-state index contributed by atoms with van der Waals surface area (Å²) in [5.74, 6) is 0. The molecule has 0 fully saturated rings. The van der Waals surface area contributed by atoms with Crippen LogP contribution in [0.3, 0.4) is 0 Å². The molecule has 1 atom stereocenters. The smallest absolute Gasteiger partial charge is 0.0701 e. The Morgan fingerprint density at radius 1 is 1.31 bits per heavy atom. The van der Waals surface area contributed by atoms with Crippen molar-refractivity contribution in [3.63, 3.8) is 0 Å². The largest absolute Gasteiger partial charge is 0.394 e. The van der Waals surface area contributed by atoms with E-state index in [1.807, 2.05) is 0 Å². The summed E-state index contributed by atoms with van der Waals surface area (Å²) in [5, 5.41) is 8.68. The van der Waals surface area contributed by atoms with E-state index in [1.54, 1.807) is 0 Å². The minimum absolute atomic E-state index is 0.124. The van der Waals surface area contributed by atoms with Gasteiger partial charge < -0.3 is 9.84 Å². The van der Waals surface area contributed by atoms with Gasteiger partial charge in [0.05, 0.1) is 19.3 Å². The Kier molecular flexibility index (Phi) is 6.35. The molecule has 0 rings (SSSR count). The van der Waals surface area contributed by atoms with Crippen LogP contribution in [0, 0.1) is 5.41 Å². The minimum Gasteiger partial charge on any atom is -0.394 e. The van der Waals surface area contributed by atoms with Gasteiger partial charge in [0.1, 0.15) is 0 Å². The summed E-state index contributed by atoms with van der Waals surface area (Å²) in [6.07, 6.45) is 3.78. The van der Waals surface area contributed by atoms with Gasteiger partial charge in [-0.3, -0.25) is 0 Å². The molecule has 0 bridgehead atoms. The van der Waals surface area contributed by atoms with Gasteiger partial charge in [0, 0.05) is 0 Å². The van der Waals surface area contributed by atoms with Crippen molar-refractivity contribution >= 4 is 0 Å². The second-order valence-corrected chi connectivity index (χ2v) is 4.59. The number of hydrogen-bond donors (Lipinski definition) is 1. The molecule has 0 spiro atoms. The van der Waals surface area contributed by atoms with Gasteiger partial charge in [-0.15, -0.1) is 0 Å². The Morgan fingerprint density at radius 3 is 2.31 bits per heavy atom. The lowest BCUT2D eigenvalue weighted by Gasteiger charge is -2.30. The van der Waals surface area contributed by atoms with Crippen LogP contribution in [0.5, 0.6) is 0 Å². The van der Waals surface area contributed by atoms with Gasteiger partial charge in [-0.25, -0.2) is 0 Å². The molecule has 0 saturated heterocycles. The molecule has 1 N–H and O–H groups in total. The Balaban J connectivity index is 3.88. The van der Waals surface area contributed by atoms with E-state index in [0.29, 0.717) is 6.61 Å². The maximum absolute atomic E-state index is 8.68. The molecule has 0 aliphatic carbocycles. The van der Waals surface area contributed by atoms with Gasteiger partial charge in [-0.2, -0.15) is 0 Å². The van der Waals surface area contributed by atoms with Crippen molar-refractivity contribution in [1.29, 1.82) is 0 Å². The third-order valence-corrected chi connectivity index (χ3v) is 2.20. The maximum Gasteiger partial charge on any atom is 0.0701 e. The van der Waals surface area contributed by atoms with Crippen LogP contribution >= 0.6 is 0 Å². The van der Waals surface area contributed by atoms with Crippen LogP contribution in [-0.4, -0.2) is 24.4 Å². The van der Waals surface area contributed by atoms with Crippen molar-refractivity contribution < 1.29 is 9.84 Å². The van der Waals surface area contributed by atoms with E-state index in [2.05, 4.69) is 27.7 Å². The lowest BCUT2D eigenvalue weighted by atomic mass is 9.86. The molecule has 0 aliphatic rings. The molecule has 0 aromatic heterocycles. The summed E-state index contributed by atoms with van der Waals surface area (Å²) in [6.45, 7) is 9.33. The topological polar surface area (TPSA) is 29.5 Å². The molecule has 2 heteroatoms. The Hall–Kier alpha value is -0.0800. The first-order chi connectivity index (χ1) is 6.02. The van der Waals surface area contributed by atoms with Gasteiger partial charge in [0.2, 0.25) is 0 Å². The molecule has 0 amide bonds. The number of aliphatic hydroxyl groups is 1. The maximum atomic E-state index is 8.68. The molecular weight excluding hydrogens is 164 g/mol. The molecule has 13 heavy (non-hydrogen) atoms. The predicted molar refractivity (Wildman–Crippen MR) is 55.8 cm³/mol. The third-order valence-electron chi connectivity index (χ3n) is 2.20. The monoisotopic (exact) mass is 188 g/mol. The fourth-order valence-corrected chi connectivity index (χ4v) is 1.35. The summed E-state index contributed by atoms with van der Waals surface area (Å²) >= 11 is 0. The van der Waals surface area contributed by atoms with Crippen LogP contribution in [0.4, 0.5) is 0 Å². The van der Waals surface area contributed by atoms with Crippen molar-refractivity contribution in [1.82, 2.24) is 0 Å². The van der Waals surface area contributed by atoms with Crippen LogP contribution < -0.4 is 0 Å². The zero-order chi connectivity index (χ0) is 10.3. The highest BCUT2D eigenvalue weighted by Crippen LogP contribution is 2.26. The Labute approximate surface area is 82.3 Å². The third kappa shape index (κ3) is 6.05. The molecule has 0 heterocycles. The molecule has 0 aromatic rings. The molecule has 1 unspecified atom stereocenters. The van der Waals surface area contributed by atoms with E-state index in [4.69, 9.17) is 9.84 Å². The van der Waals surface area contributed by atoms with Crippen LogP contribution in [-0.2, 0) is 4.74 Å². The average molecular weight is 188 g/mol. The van der Waals surface area contributed by atoms with Gasteiger partial charge in [0.25, 0.3) is 0 Å². The molecule has 0 aliphatic heterocycles. The zero-order valence-corrected chi connectivity index (χ0v) is 9.47. The summed E-state index contributed by atoms with van der Waals surface area (Å²) < 4.78 is 5.61. The number of ether oxygens (including phenoxy) is 1. The van der Waals surface area contributed by atoms with Gasteiger partial charge in [-0.1, -0.05) is 40.5 Å². The van der Waals surface area contributed by atoms with Crippen molar-refractivity contribution in [2.24, 2.45) is 5.41 Å². The quantitative estimate of drug-likeness (QED) is 0.694.